The van der Waals surface area contributed by atoms with Gasteiger partial charge in [0.15, 0.2) is 17.2 Å². The number of aliphatic hydroxyl groups is 2. The van der Waals surface area contributed by atoms with E-state index in [4.69, 9.17) is 22.1 Å². The quantitative estimate of drug-likeness (QED) is 0.267. The molecule has 1 aliphatic heterocycles. The molecule has 3 aromatic carbocycles. The minimum Gasteiger partial charge on any atom is -0.478 e. The summed E-state index contributed by atoms with van der Waals surface area (Å²) in [6.45, 7) is -3.39. The van der Waals surface area contributed by atoms with Crippen molar-refractivity contribution in [2.24, 2.45) is 5.73 Å². The molecule has 1 fully saturated rings. The number of alkyl halides is 2. The van der Waals surface area contributed by atoms with Crippen LogP contribution in [0.2, 0.25) is 5.02 Å². The maximum Gasteiger partial charge on any atom is 0.387 e. The van der Waals surface area contributed by atoms with Gasteiger partial charge in [0.2, 0.25) is 5.91 Å². The number of ether oxygens (including phenoxy) is 2. The normalized spacial score (nSPS) is 23.8. The zero-order valence-electron chi connectivity index (χ0n) is 21.6. The van der Waals surface area contributed by atoms with Crippen LogP contribution in [0.15, 0.2) is 48.5 Å². The number of carbonyl (C=O) groups excluding carboxylic acids is 1. The average Bonchev–Trinajstić information content (AvgIpc) is 3.22. The highest BCUT2D eigenvalue weighted by atomic mass is 35.5. The van der Waals surface area contributed by atoms with E-state index in [0.717, 1.165) is 18.2 Å². The van der Waals surface area contributed by atoms with Gasteiger partial charge in [-0.2, -0.15) is 8.78 Å². The molecule has 0 saturated heterocycles. The summed E-state index contributed by atoms with van der Waals surface area (Å²) in [6, 6.07) is 11.3. The first-order valence-electron chi connectivity index (χ1n) is 13.0. The van der Waals surface area contributed by atoms with Crippen molar-refractivity contribution < 1.29 is 42.0 Å². The monoisotopic (exact) mass is 594 g/mol. The molecule has 218 valence electrons. The van der Waals surface area contributed by atoms with Crippen LogP contribution in [0, 0.1) is 11.6 Å². The second-order valence-electron chi connectivity index (χ2n) is 10.1. The lowest BCUT2D eigenvalue weighted by atomic mass is 9.82. The molecule has 0 radical (unpaired) electrons. The van der Waals surface area contributed by atoms with Crippen LogP contribution >= 0.6 is 11.6 Å². The topological polar surface area (TPSA) is 114 Å². The van der Waals surface area contributed by atoms with Crippen molar-refractivity contribution in [1.82, 2.24) is 5.32 Å². The highest BCUT2D eigenvalue weighted by Crippen LogP contribution is 2.55. The third-order valence-electron chi connectivity index (χ3n) is 7.68. The number of nitrogens with one attached hydrogen (secondary N) is 1. The molecule has 1 amide bonds. The SMILES string of the molecule is NC(=O)c1ccc(OC(F)F)c(F)c1-c1c(Cl)c(F)cc2c1[C@H](O)[C@@](CN[C@H]1CC[C@@H](O)CC1)(c1ccccc1)O2. The number of hydrogen-bond acceptors (Lipinski definition) is 6. The molecule has 2 atom stereocenters. The fraction of sp³-hybridized carbons (Fsp3) is 0.345. The summed E-state index contributed by atoms with van der Waals surface area (Å²) in [5.41, 5.74) is 2.57. The molecule has 1 saturated carbocycles. The molecular formula is C29H27ClF4N2O5. The number of rotatable bonds is 8. The Morgan fingerprint density at radius 1 is 1.10 bits per heavy atom. The molecule has 0 bridgehead atoms. The minimum absolute atomic E-state index is 0.0135. The van der Waals surface area contributed by atoms with Crippen molar-refractivity contribution in [3.63, 3.8) is 0 Å². The van der Waals surface area contributed by atoms with Crippen LogP contribution < -0.4 is 20.5 Å². The van der Waals surface area contributed by atoms with E-state index in [2.05, 4.69) is 10.1 Å². The molecule has 12 heteroatoms. The van der Waals surface area contributed by atoms with Gasteiger partial charge in [-0.1, -0.05) is 41.9 Å². The van der Waals surface area contributed by atoms with Gasteiger partial charge in [0.25, 0.3) is 0 Å². The molecule has 41 heavy (non-hydrogen) atoms. The highest BCUT2D eigenvalue weighted by molar-refractivity contribution is 6.34. The Bertz CT molecular complexity index is 1450. The van der Waals surface area contributed by atoms with Crippen molar-refractivity contribution in [2.45, 2.75) is 56.1 Å². The number of halogens is 5. The fourth-order valence-electron chi connectivity index (χ4n) is 5.64. The summed E-state index contributed by atoms with van der Waals surface area (Å²) < 4.78 is 67.6. The second kappa shape index (κ2) is 11.5. The lowest BCUT2D eigenvalue weighted by Crippen LogP contribution is -2.48. The average molecular weight is 595 g/mol. The molecule has 2 aliphatic rings. The van der Waals surface area contributed by atoms with E-state index in [1.165, 1.54) is 0 Å². The lowest BCUT2D eigenvalue weighted by molar-refractivity contribution is -0.0521. The van der Waals surface area contributed by atoms with Gasteiger partial charge in [-0.3, -0.25) is 4.79 Å². The van der Waals surface area contributed by atoms with Gasteiger partial charge in [-0.05, 0) is 43.4 Å². The van der Waals surface area contributed by atoms with E-state index in [1.54, 1.807) is 30.3 Å². The molecular weight excluding hydrogens is 568 g/mol. The second-order valence-corrected chi connectivity index (χ2v) is 10.5. The van der Waals surface area contributed by atoms with E-state index in [0.29, 0.717) is 31.2 Å². The van der Waals surface area contributed by atoms with E-state index in [-0.39, 0.29) is 30.0 Å². The minimum atomic E-state index is -3.41. The maximum atomic E-state index is 15.8. The molecule has 0 spiro atoms. The number of nitrogens with two attached hydrogens (primary N) is 1. The molecule has 0 unspecified atom stereocenters. The highest BCUT2D eigenvalue weighted by Gasteiger charge is 2.52. The fourth-order valence-corrected chi connectivity index (χ4v) is 5.89. The van der Waals surface area contributed by atoms with Gasteiger partial charge < -0.3 is 30.7 Å². The molecule has 3 aromatic rings. The number of benzene rings is 3. The molecule has 1 heterocycles. The Kier molecular flexibility index (Phi) is 8.15. The zero-order valence-corrected chi connectivity index (χ0v) is 22.3. The molecule has 1 aliphatic carbocycles. The number of fused-ring (bicyclic) bond motifs is 1. The van der Waals surface area contributed by atoms with Crippen LogP contribution in [-0.4, -0.2) is 41.4 Å². The van der Waals surface area contributed by atoms with Crippen molar-refractivity contribution in [3.05, 3.63) is 81.9 Å². The first-order valence-corrected chi connectivity index (χ1v) is 13.3. The number of primary amides is 1. The van der Waals surface area contributed by atoms with E-state index in [9.17, 15) is 23.8 Å². The molecule has 5 rings (SSSR count). The van der Waals surface area contributed by atoms with Gasteiger partial charge >= 0.3 is 6.61 Å². The first-order chi connectivity index (χ1) is 19.5. The third kappa shape index (κ3) is 5.34. The predicted octanol–water partition coefficient (Wildman–Crippen LogP) is 5.20. The smallest absolute Gasteiger partial charge is 0.387 e. The first kappa shape index (κ1) is 29.1. The summed E-state index contributed by atoms with van der Waals surface area (Å²) in [5, 5.41) is 24.5. The van der Waals surface area contributed by atoms with Gasteiger partial charge in [-0.15, -0.1) is 0 Å². The van der Waals surface area contributed by atoms with Gasteiger partial charge in [0.05, 0.1) is 16.7 Å². The predicted molar refractivity (Wildman–Crippen MR) is 142 cm³/mol. The van der Waals surface area contributed by atoms with Crippen LogP contribution in [0.25, 0.3) is 11.1 Å². The number of aliphatic hydroxyl groups excluding tert-OH is 2. The number of amides is 1. The Labute approximate surface area is 237 Å². The van der Waals surface area contributed by atoms with Crippen LogP contribution in [0.5, 0.6) is 11.5 Å². The van der Waals surface area contributed by atoms with Gasteiger partial charge in [-0.25, -0.2) is 8.78 Å². The van der Waals surface area contributed by atoms with Crippen molar-refractivity contribution in [1.29, 1.82) is 0 Å². The van der Waals surface area contributed by atoms with Crippen molar-refractivity contribution >= 4 is 17.5 Å². The Balaban J connectivity index is 1.68. The van der Waals surface area contributed by atoms with E-state index < -0.39 is 63.3 Å². The maximum absolute atomic E-state index is 15.8. The van der Waals surface area contributed by atoms with Crippen LogP contribution in [0.4, 0.5) is 17.6 Å². The lowest BCUT2D eigenvalue weighted by Gasteiger charge is -2.36. The van der Waals surface area contributed by atoms with Crippen molar-refractivity contribution in [3.8, 4) is 22.6 Å². The Morgan fingerprint density at radius 3 is 2.41 bits per heavy atom. The molecule has 7 nitrogen and oxygen atoms in total. The standard InChI is InChI=1S/C29H27ClF4N2O5/c30-24-18(31)12-20-22(23(24)21-17(27(35)39)10-11-19(25(21)32)40-28(33)34)26(38)29(41-20,14-4-2-1-3-5-14)13-36-15-6-8-16(37)9-7-15/h1-5,10-12,15-16,26,28,36-38H,6-9,13H2,(H2,35,39)/t15-,16+,26-,29+/m0/s1. The summed E-state index contributed by atoms with van der Waals surface area (Å²) in [6.07, 6.45) is 0.540. The van der Waals surface area contributed by atoms with E-state index in [1.807, 2.05) is 0 Å². The third-order valence-corrected chi connectivity index (χ3v) is 8.05. The van der Waals surface area contributed by atoms with Crippen LogP contribution in [0.3, 0.4) is 0 Å². The summed E-state index contributed by atoms with van der Waals surface area (Å²) in [5.74, 6) is -4.78. The van der Waals surface area contributed by atoms with Gasteiger partial charge in [0.1, 0.15) is 17.7 Å². The molecule has 5 N–H and O–H groups in total. The van der Waals surface area contributed by atoms with Gasteiger partial charge in [0, 0.05) is 35.3 Å². The van der Waals surface area contributed by atoms with Crippen LogP contribution in [0.1, 0.15) is 53.3 Å². The summed E-state index contributed by atoms with van der Waals surface area (Å²) in [7, 11) is 0. The Hall–Kier alpha value is -3.38. The molecule has 0 aromatic heterocycles. The summed E-state index contributed by atoms with van der Waals surface area (Å²) >= 11 is 6.35. The summed E-state index contributed by atoms with van der Waals surface area (Å²) in [4.78, 5) is 12.3. The van der Waals surface area contributed by atoms with Crippen molar-refractivity contribution in [2.75, 3.05) is 6.54 Å². The number of hydrogen-bond donors (Lipinski definition) is 4. The van der Waals surface area contributed by atoms with E-state index >= 15 is 8.78 Å². The number of carbonyl (C=O) groups is 1. The van der Waals surface area contributed by atoms with Crippen LogP contribution in [-0.2, 0) is 5.60 Å². The zero-order chi connectivity index (χ0) is 29.5. The largest absolute Gasteiger partial charge is 0.478 e. The Morgan fingerprint density at radius 2 is 1.78 bits per heavy atom.